The summed E-state index contributed by atoms with van der Waals surface area (Å²) in [6, 6.07) is 13.7. The predicted molar refractivity (Wildman–Crippen MR) is 88.5 cm³/mol. The van der Waals surface area contributed by atoms with Crippen LogP contribution in [0.25, 0.3) is 22.3 Å². The van der Waals surface area contributed by atoms with Crippen molar-refractivity contribution in [3.05, 3.63) is 77.6 Å². The van der Waals surface area contributed by atoms with E-state index in [1.165, 1.54) is 31.4 Å². The van der Waals surface area contributed by atoms with Gasteiger partial charge in [0.2, 0.25) is 0 Å². The number of hydrogen-bond donors (Lipinski definition) is 0. The van der Waals surface area contributed by atoms with Crippen LogP contribution in [0, 0.1) is 24.4 Å². The van der Waals surface area contributed by atoms with Gasteiger partial charge in [-0.3, -0.25) is 0 Å². The average molecular weight is 328 g/mol. The van der Waals surface area contributed by atoms with E-state index in [2.05, 4.69) is 0 Å². The zero-order valence-electron chi connectivity index (χ0n) is 13.2. The van der Waals surface area contributed by atoms with Crippen LogP contribution in [-0.4, -0.2) is 7.11 Å². The van der Waals surface area contributed by atoms with E-state index in [0.717, 1.165) is 11.6 Å². The van der Waals surface area contributed by atoms with Gasteiger partial charge in [-0.05, 0) is 47.9 Å². The van der Waals surface area contributed by atoms with Crippen LogP contribution in [-0.2, 0) is 0 Å². The van der Waals surface area contributed by atoms with Crippen molar-refractivity contribution in [2.24, 2.45) is 0 Å². The van der Waals surface area contributed by atoms with Gasteiger partial charge in [0.05, 0.1) is 12.7 Å². The fourth-order valence-electron chi connectivity index (χ4n) is 2.58. The molecule has 24 heavy (non-hydrogen) atoms. The summed E-state index contributed by atoms with van der Waals surface area (Å²) < 4.78 is 47.6. The van der Waals surface area contributed by atoms with Gasteiger partial charge >= 0.3 is 0 Å². The van der Waals surface area contributed by atoms with Crippen LogP contribution in [0.3, 0.4) is 0 Å². The SMILES string of the molecule is COc1ccc(-c2c(F)cc(-c3ccc(C)cc3)cc2F)cc1F. The van der Waals surface area contributed by atoms with Gasteiger partial charge in [0.1, 0.15) is 11.6 Å². The highest BCUT2D eigenvalue weighted by Crippen LogP contribution is 2.33. The molecule has 0 saturated carbocycles. The third-order valence-corrected chi connectivity index (χ3v) is 3.87. The van der Waals surface area contributed by atoms with Crippen molar-refractivity contribution in [1.82, 2.24) is 0 Å². The van der Waals surface area contributed by atoms with Crippen molar-refractivity contribution >= 4 is 0 Å². The fraction of sp³-hybridized carbons (Fsp3) is 0.100. The molecule has 0 aliphatic rings. The minimum Gasteiger partial charge on any atom is -0.494 e. The third kappa shape index (κ3) is 3.00. The first kappa shape index (κ1) is 16.1. The summed E-state index contributed by atoms with van der Waals surface area (Å²) in [7, 11) is 1.33. The van der Waals surface area contributed by atoms with Crippen molar-refractivity contribution < 1.29 is 17.9 Å². The second kappa shape index (κ2) is 6.40. The van der Waals surface area contributed by atoms with E-state index in [4.69, 9.17) is 4.74 Å². The molecule has 0 aliphatic heterocycles. The van der Waals surface area contributed by atoms with Gasteiger partial charge in [-0.25, -0.2) is 13.2 Å². The smallest absolute Gasteiger partial charge is 0.165 e. The first-order valence-electron chi connectivity index (χ1n) is 7.39. The largest absolute Gasteiger partial charge is 0.494 e. The minimum absolute atomic E-state index is 0.0239. The quantitative estimate of drug-likeness (QED) is 0.594. The Hall–Kier alpha value is -2.75. The number of methoxy groups -OCH3 is 1. The lowest BCUT2D eigenvalue weighted by molar-refractivity contribution is 0.386. The van der Waals surface area contributed by atoms with Gasteiger partial charge < -0.3 is 4.74 Å². The maximum atomic E-state index is 14.5. The topological polar surface area (TPSA) is 9.23 Å². The summed E-state index contributed by atoms with van der Waals surface area (Å²) in [5.74, 6) is -2.13. The summed E-state index contributed by atoms with van der Waals surface area (Å²) in [4.78, 5) is 0. The zero-order valence-corrected chi connectivity index (χ0v) is 13.2. The number of hydrogen-bond acceptors (Lipinski definition) is 1. The summed E-state index contributed by atoms with van der Waals surface area (Å²) >= 11 is 0. The lowest BCUT2D eigenvalue weighted by atomic mass is 9.98. The molecule has 0 N–H and O–H groups in total. The van der Waals surface area contributed by atoms with Crippen molar-refractivity contribution in [2.45, 2.75) is 6.92 Å². The van der Waals surface area contributed by atoms with Crippen molar-refractivity contribution in [1.29, 1.82) is 0 Å². The maximum Gasteiger partial charge on any atom is 0.165 e. The molecule has 0 unspecified atom stereocenters. The molecule has 3 rings (SSSR count). The van der Waals surface area contributed by atoms with Crippen molar-refractivity contribution in [2.75, 3.05) is 7.11 Å². The Labute approximate surface area is 138 Å². The lowest BCUT2D eigenvalue weighted by Crippen LogP contribution is -1.94. The molecule has 0 heterocycles. The molecule has 0 saturated heterocycles. The highest BCUT2D eigenvalue weighted by atomic mass is 19.1. The van der Waals surface area contributed by atoms with E-state index in [1.54, 1.807) is 12.1 Å². The number of ether oxygens (including phenoxy) is 1. The second-order valence-electron chi connectivity index (χ2n) is 5.53. The molecular formula is C20H15F3O. The van der Waals surface area contributed by atoms with Gasteiger partial charge in [-0.1, -0.05) is 35.9 Å². The third-order valence-electron chi connectivity index (χ3n) is 3.87. The first-order chi connectivity index (χ1) is 11.5. The Morgan fingerprint density at radius 3 is 1.75 bits per heavy atom. The molecule has 0 amide bonds. The fourth-order valence-corrected chi connectivity index (χ4v) is 2.58. The summed E-state index contributed by atoms with van der Waals surface area (Å²) in [6.07, 6.45) is 0. The van der Waals surface area contributed by atoms with E-state index in [0.29, 0.717) is 11.1 Å². The molecule has 0 aromatic heterocycles. The molecule has 1 nitrogen and oxygen atoms in total. The number of benzene rings is 3. The second-order valence-corrected chi connectivity index (χ2v) is 5.53. The standard InChI is InChI=1S/C20H15F3O/c1-12-3-5-13(6-4-12)15-10-17(22)20(18(23)11-15)14-7-8-19(24-2)16(21)9-14/h3-11H,1-2H3. The van der Waals surface area contributed by atoms with Crippen LogP contribution in [0.4, 0.5) is 13.2 Å². The van der Waals surface area contributed by atoms with E-state index in [9.17, 15) is 13.2 Å². The molecule has 4 heteroatoms. The van der Waals surface area contributed by atoms with Gasteiger partial charge in [-0.15, -0.1) is 0 Å². The van der Waals surface area contributed by atoms with Gasteiger partial charge in [-0.2, -0.15) is 0 Å². The summed E-state index contributed by atoms with van der Waals surface area (Å²) in [6.45, 7) is 1.94. The van der Waals surface area contributed by atoms with Gasteiger partial charge in [0, 0.05) is 0 Å². The van der Waals surface area contributed by atoms with Crippen LogP contribution in [0.5, 0.6) is 5.75 Å². The number of rotatable bonds is 3. The molecule has 122 valence electrons. The van der Waals surface area contributed by atoms with Gasteiger partial charge in [0.25, 0.3) is 0 Å². The van der Waals surface area contributed by atoms with E-state index in [-0.39, 0.29) is 16.9 Å². The molecule has 3 aromatic carbocycles. The normalized spacial score (nSPS) is 10.7. The monoisotopic (exact) mass is 328 g/mol. The summed E-state index contributed by atoms with van der Waals surface area (Å²) in [5, 5.41) is 0. The predicted octanol–water partition coefficient (Wildman–Crippen LogP) is 5.75. The Kier molecular flexibility index (Phi) is 4.30. The molecule has 0 atom stereocenters. The minimum atomic E-state index is -0.741. The van der Waals surface area contributed by atoms with Crippen molar-refractivity contribution in [3.8, 4) is 28.0 Å². The zero-order chi connectivity index (χ0) is 17.3. The molecule has 0 radical (unpaired) electrons. The molecule has 0 bridgehead atoms. The average Bonchev–Trinajstić information content (AvgIpc) is 2.55. The van der Waals surface area contributed by atoms with E-state index >= 15 is 0 Å². The molecule has 0 aliphatic carbocycles. The van der Waals surface area contributed by atoms with E-state index in [1.807, 2.05) is 19.1 Å². The maximum absolute atomic E-state index is 14.5. The molecule has 3 aromatic rings. The Balaban J connectivity index is 2.07. The highest BCUT2D eigenvalue weighted by molar-refractivity contribution is 5.72. The Morgan fingerprint density at radius 2 is 1.21 bits per heavy atom. The highest BCUT2D eigenvalue weighted by Gasteiger charge is 2.16. The van der Waals surface area contributed by atoms with E-state index < -0.39 is 17.5 Å². The van der Waals surface area contributed by atoms with Gasteiger partial charge in [0.15, 0.2) is 11.6 Å². The van der Waals surface area contributed by atoms with Crippen molar-refractivity contribution in [3.63, 3.8) is 0 Å². The lowest BCUT2D eigenvalue weighted by Gasteiger charge is -2.10. The van der Waals surface area contributed by atoms with Crippen LogP contribution in [0.2, 0.25) is 0 Å². The number of halogens is 3. The molecular weight excluding hydrogens is 313 g/mol. The number of aryl methyl sites for hydroxylation is 1. The van der Waals surface area contributed by atoms with Crippen LogP contribution in [0.15, 0.2) is 54.6 Å². The Morgan fingerprint density at radius 1 is 0.667 bits per heavy atom. The molecule has 0 fully saturated rings. The first-order valence-corrected chi connectivity index (χ1v) is 7.39. The van der Waals surface area contributed by atoms with Crippen LogP contribution >= 0.6 is 0 Å². The van der Waals surface area contributed by atoms with Crippen LogP contribution in [0.1, 0.15) is 5.56 Å². The Bertz CT molecular complexity index is 863. The molecule has 0 spiro atoms. The summed E-state index contributed by atoms with van der Waals surface area (Å²) in [5.41, 5.74) is 2.07. The van der Waals surface area contributed by atoms with Crippen LogP contribution < -0.4 is 4.74 Å².